The lowest BCUT2D eigenvalue weighted by Gasteiger charge is -2.34. The van der Waals surface area contributed by atoms with Gasteiger partial charge in [-0.1, -0.05) is 190 Å². The normalized spacial score (nSPS) is 13.3. The molecule has 2 atom stereocenters. The number of nitrogens with zero attached hydrogens (tertiary/aromatic N) is 1. The fourth-order valence-corrected chi connectivity index (χ4v) is 7.70. The van der Waals surface area contributed by atoms with Gasteiger partial charge >= 0.3 is 11.9 Å². The third kappa shape index (κ3) is 46.0. The van der Waals surface area contributed by atoms with Gasteiger partial charge in [-0.05, 0) is 83.5 Å². The molecule has 65 heavy (non-hydrogen) atoms. The highest BCUT2D eigenvalue weighted by atomic mass is 16.6. The summed E-state index contributed by atoms with van der Waals surface area (Å²) in [7, 11) is 5.41. The summed E-state index contributed by atoms with van der Waals surface area (Å²) in [6.07, 6.45) is 59.6. The van der Waals surface area contributed by atoms with Gasteiger partial charge in [-0.25, -0.2) is 0 Å². The Morgan fingerprint density at radius 2 is 0.815 bits per heavy atom. The summed E-state index contributed by atoms with van der Waals surface area (Å²) in [6.45, 7) is 4.63. The quantitative estimate of drug-likeness (QED) is 0.0259. The van der Waals surface area contributed by atoms with Crippen molar-refractivity contribution < 1.29 is 38.2 Å². The Morgan fingerprint density at radius 3 is 1.25 bits per heavy atom. The first-order valence-corrected chi connectivity index (χ1v) is 26.8. The number of carboxylic acids is 1. The Balaban J connectivity index is 4.28. The van der Waals surface area contributed by atoms with Crippen molar-refractivity contribution in [3.63, 3.8) is 0 Å². The van der Waals surface area contributed by atoms with Crippen molar-refractivity contribution in [1.82, 2.24) is 0 Å². The molecule has 0 bridgehead atoms. The standard InChI is InChI=1S/C57H101NO7/c1-6-8-10-12-14-16-18-20-22-24-26-28-30-31-33-35-37-39-41-43-45-47-55(59)64-52-53(51-63-50-49-54(57(61)62)58(3,4)5)65-56(60)48-46-44-42-40-38-36-34-32-29-27-25-23-21-19-17-15-13-11-9-7-2/h14,16,20,22,26-29,31,33,53-54H,6-13,15,17-19,21,23-25,30,32,34-52H2,1-5H3/b16-14+,22-20+,28-26+,29-27+,33-31+. The van der Waals surface area contributed by atoms with E-state index in [1.165, 1.54) is 122 Å². The molecule has 376 valence electrons. The monoisotopic (exact) mass is 912 g/mol. The van der Waals surface area contributed by atoms with Crippen molar-refractivity contribution in [3.05, 3.63) is 60.8 Å². The lowest BCUT2D eigenvalue weighted by atomic mass is 10.1. The number of hydrogen-bond donors (Lipinski definition) is 0. The number of likely N-dealkylation sites (N-methyl/N-ethyl adjacent to an activating group) is 1. The number of unbranched alkanes of at least 4 members (excludes halogenated alkanes) is 24. The maximum absolute atomic E-state index is 12.8. The average molecular weight is 912 g/mol. The highest BCUT2D eigenvalue weighted by Gasteiger charge is 2.25. The number of quaternary nitrogens is 1. The van der Waals surface area contributed by atoms with E-state index in [1.54, 1.807) is 21.1 Å². The van der Waals surface area contributed by atoms with Crippen LogP contribution < -0.4 is 5.11 Å². The first kappa shape index (κ1) is 62.0. The highest BCUT2D eigenvalue weighted by Crippen LogP contribution is 2.15. The molecule has 0 saturated carbocycles. The lowest BCUT2D eigenvalue weighted by Crippen LogP contribution is -2.55. The zero-order valence-corrected chi connectivity index (χ0v) is 42.9. The SMILES string of the molecule is CCCCC/C=C/C/C=C/C/C=C/C/C=C/CCCCCCCC(=O)OCC(COCCC(C(=O)[O-])[N+](C)(C)C)OC(=O)CCCCCCCCC/C=C/CCCCCCCCCCC. The zero-order valence-electron chi connectivity index (χ0n) is 42.9. The van der Waals surface area contributed by atoms with Gasteiger partial charge < -0.3 is 28.6 Å². The second-order valence-corrected chi connectivity index (χ2v) is 19.1. The molecule has 0 aliphatic heterocycles. The minimum atomic E-state index is -1.13. The molecule has 2 unspecified atom stereocenters. The number of carbonyl (C=O) groups is 3. The van der Waals surface area contributed by atoms with Gasteiger partial charge in [0.05, 0.1) is 40.3 Å². The number of carboxylic acid groups (broad SMARTS) is 1. The second-order valence-electron chi connectivity index (χ2n) is 19.1. The van der Waals surface area contributed by atoms with Crippen molar-refractivity contribution in [3.8, 4) is 0 Å². The first-order chi connectivity index (χ1) is 31.6. The minimum absolute atomic E-state index is 0.0316. The van der Waals surface area contributed by atoms with E-state index in [1.807, 2.05) is 0 Å². The van der Waals surface area contributed by atoms with Crippen LogP contribution in [0, 0.1) is 0 Å². The Labute approximate surface area is 400 Å². The van der Waals surface area contributed by atoms with E-state index in [4.69, 9.17) is 14.2 Å². The van der Waals surface area contributed by atoms with Crippen molar-refractivity contribution in [2.75, 3.05) is 41.0 Å². The van der Waals surface area contributed by atoms with Crippen LogP contribution in [0.5, 0.6) is 0 Å². The highest BCUT2D eigenvalue weighted by molar-refractivity contribution is 5.70. The van der Waals surface area contributed by atoms with E-state index >= 15 is 0 Å². The fraction of sp³-hybridized carbons (Fsp3) is 0.772. The van der Waals surface area contributed by atoms with Crippen molar-refractivity contribution >= 4 is 17.9 Å². The van der Waals surface area contributed by atoms with E-state index in [0.29, 0.717) is 12.8 Å². The molecule has 0 aromatic carbocycles. The van der Waals surface area contributed by atoms with E-state index in [2.05, 4.69) is 74.6 Å². The van der Waals surface area contributed by atoms with Crippen molar-refractivity contribution in [2.24, 2.45) is 0 Å². The number of ether oxygens (including phenoxy) is 3. The Kier molecular flexibility index (Phi) is 45.3. The van der Waals surface area contributed by atoms with Gasteiger partial charge in [0.25, 0.3) is 0 Å². The molecule has 0 saturated heterocycles. The molecule has 0 aliphatic rings. The van der Waals surface area contributed by atoms with Crippen LogP contribution in [0.25, 0.3) is 0 Å². The molecular weight excluding hydrogens is 811 g/mol. The van der Waals surface area contributed by atoms with Crippen LogP contribution in [0.1, 0.15) is 232 Å². The van der Waals surface area contributed by atoms with Gasteiger partial charge in [0.15, 0.2) is 6.10 Å². The number of hydrogen-bond acceptors (Lipinski definition) is 7. The molecule has 0 aromatic heterocycles. The molecule has 0 rings (SSSR count). The summed E-state index contributed by atoms with van der Waals surface area (Å²) >= 11 is 0. The van der Waals surface area contributed by atoms with Crippen LogP contribution in [-0.4, -0.2) is 75.5 Å². The summed E-state index contributed by atoms with van der Waals surface area (Å²) in [5, 5.41) is 11.7. The van der Waals surface area contributed by atoms with E-state index in [-0.39, 0.29) is 42.7 Å². The Morgan fingerprint density at radius 1 is 0.462 bits per heavy atom. The minimum Gasteiger partial charge on any atom is -0.544 e. The Bertz CT molecular complexity index is 1250. The average Bonchev–Trinajstić information content (AvgIpc) is 3.27. The van der Waals surface area contributed by atoms with Gasteiger partial charge in [-0.15, -0.1) is 0 Å². The van der Waals surface area contributed by atoms with Crippen LogP contribution in [-0.2, 0) is 28.6 Å². The number of aliphatic carboxylic acids is 1. The summed E-state index contributed by atoms with van der Waals surface area (Å²) < 4.78 is 17.2. The predicted octanol–water partition coefficient (Wildman–Crippen LogP) is 14.4. The van der Waals surface area contributed by atoms with Crippen LogP contribution in [0.4, 0.5) is 0 Å². The van der Waals surface area contributed by atoms with Gasteiger partial charge in [0.2, 0.25) is 0 Å². The van der Waals surface area contributed by atoms with E-state index in [9.17, 15) is 19.5 Å². The molecule has 0 heterocycles. The molecule has 0 aliphatic carbocycles. The molecule has 8 heteroatoms. The van der Waals surface area contributed by atoms with E-state index in [0.717, 1.165) is 77.0 Å². The predicted molar refractivity (Wildman–Crippen MR) is 273 cm³/mol. The smallest absolute Gasteiger partial charge is 0.306 e. The van der Waals surface area contributed by atoms with Gasteiger partial charge in [-0.2, -0.15) is 0 Å². The number of rotatable bonds is 48. The van der Waals surface area contributed by atoms with Gasteiger partial charge in [-0.3, -0.25) is 9.59 Å². The molecule has 0 spiro atoms. The lowest BCUT2D eigenvalue weighted by molar-refractivity contribution is -0.889. The van der Waals surface area contributed by atoms with Crippen LogP contribution in [0.2, 0.25) is 0 Å². The maximum Gasteiger partial charge on any atom is 0.306 e. The van der Waals surface area contributed by atoms with E-state index < -0.39 is 18.1 Å². The van der Waals surface area contributed by atoms with Crippen LogP contribution >= 0.6 is 0 Å². The summed E-state index contributed by atoms with van der Waals surface area (Å²) in [5.41, 5.74) is 0. The van der Waals surface area contributed by atoms with Gasteiger partial charge in [0.1, 0.15) is 12.6 Å². The zero-order chi connectivity index (χ0) is 47.7. The topological polar surface area (TPSA) is 102 Å². The van der Waals surface area contributed by atoms with Crippen molar-refractivity contribution in [1.29, 1.82) is 0 Å². The summed E-state index contributed by atoms with van der Waals surface area (Å²) in [6, 6.07) is -0.732. The molecular formula is C57H101NO7. The molecule has 8 nitrogen and oxygen atoms in total. The number of carbonyl (C=O) groups excluding carboxylic acids is 3. The maximum atomic E-state index is 12.8. The molecule has 0 amide bonds. The fourth-order valence-electron chi connectivity index (χ4n) is 7.70. The molecule has 0 fully saturated rings. The molecule has 0 N–H and O–H groups in total. The number of allylic oxidation sites excluding steroid dienone is 10. The molecule has 0 aromatic rings. The third-order valence-corrected chi connectivity index (χ3v) is 11.9. The molecule has 0 radical (unpaired) electrons. The van der Waals surface area contributed by atoms with Gasteiger partial charge in [0, 0.05) is 19.3 Å². The van der Waals surface area contributed by atoms with Crippen molar-refractivity contribution in [2.45, 2.75) is 244 Å². The summed E-state index contributed by atoms with van der Waals surface area (Å²) in [4.78, 5) is 37.1. The van der Waals surface area contributed by atoms with Crippen LogP contribution in [0.15, 0.2) is 60.8 Å². The summed E-state index contributed by atoms with van der Waals surface area (Å²) in [5.74, 6) is -1.76. The Hall–Kier alpha value is -2.97. The van der Waals surface area contributed by atoms with Crippen LogP contribution in [0.3, 0.4) is 0 Å². The first-order valence-electron chi connectivity index (χ1n) is 26.8. The largest absolute Gasteiger partial charge is 0.544 e. The third-order valence-electron chi connectivity index (χ3n) is 11.9. The second kappa shape index (κ2) is 47.5. The number of esters is 2.